The first-order valence-electron chi connectivity index (χ1n) is 7.36. The van der Waals surface area contributed by atoms with Gasteiger partial charge in [0.05, 0.1) is 19.1 Å². The lowest BCUT2D eigenvalue weighted by atomic mass is 10.1. The minimum absolute atomic E-state index is 0.138. The fraction of sp³-hybridized carbons (Fsp3) is 0.615. The molecule has 4 unspecified atom stereocenters. The van der Waals surface area contributed by atoms with Gasteiger partial charge in [-0.15, -0.1) is 0 Å². The molecule has 0 aromatic carbocycles. The number of aliphatic hydroxyl groups is 1. The first-order valence-corrected chi connectivity index (χ1v) is 7.99. The third-order valence-corrected chi connectivity index (χ3v) is 3.40. The highest BCUT2D eigenvalue weighted by Gasteiger charge is 2.30. The summed E-state index contributed by atoms with van der Waals surface area (Å²) in [6.07, 6.45) is -0.892. The van der Waals surface area contributed by atoms with E-state index in [1.165, 1.54) is 6.92 Å². The number of nitrogens with two attached hydrogens (primary N) is 1. The van der Waals surface area contributed by atoms with Crippen LogP contribution in [0.25, 0.3) is 0 Å². The van der Waals surface area contributed by atoms with E-state index in [0.29, 0.717) is 0 Å². The second kappa shape index (κ2) is 11.3. The topological polar surface area (TPSA) is 208 Å². The Hall–Kier alpha value is -2.38. The summed E-state index contributed by atoms with van der Waals surface area (Å²) in [5.41, 5.74) is 5.36. The molecule has 4 atom stereocenters. The Morgan fingerprint density at radius 2 is 1.38 bits per heavy atom. The van der Waals surface area contributed by atoms with Crippen LogP contribution in [-0.4, -0.2) is 81.5 Å². The van der Waals surface area contributed by atoms with E-state index in [1.54, 1.807) is 0 Å². The van der Waals surface area contributed by atoms with Crippen molar-refractivity contribution >= 4 is 42.3 Å². The molecule has 8 N–H and O–H groups in total. The lowest BCUT2D eigenvalue weighted by Crippen LogP contribution is -2.58. The molecule has 148 valence electrons. The van der Waals surface area contributed by atoms with Gasteiger partial charge in [0, 0.05) is 5.75 Å². The molecule has 26 heavy (non-hydrogen) atoms. The zero-order chi connectivity index (χ0) is 20.4. The summed E-state index contributed by atoms with van der Waals surface area (Å²) < 4.78 is 0. The van der Waals surface area contributed by atoms with Crippen molar-refractivity contribution in [3.63, 3.8) is 0 Å². The van der Waals surface area contributed by atoms with Crippen molar-refractivity contribution in [3.8, 4) is 0 Å². The van der Waals surface area contributed by atoms with Crippen LogP contribution < -0.4 is 21.7 Å². The fourth-order valence-electron chi connectivity index (χ4n) is 1.61. The average molecular weight is 394 g/mol. The van der Waals surface area contributed by atoms with Gasteiger partial charge < -0.3 is 37.0 Å². The van der Waals surface area contributed by atoms with Gasteiger partial charge in [-0.1, -0.05) is 0 Å². The van der Waals surface area contributed by atoms with Crippen LogP contribution in [0.5, 0.6) is 0 Å². The highest BCUT2D eigenvalue weighted by molar-refractivity contribution is 7.80. The maximum atomic E-state index is 12.1. The zero-order valence-electron chi connectivity index (χ0n) is 13.8. The van der Waals surface area contributed by atoms with E-state index in [-0.39, 0.29) is 5.75 Å². The van der Waals surface area contributed by atoms with Gasteiger partial charge in [-0.25, -0.2) is 4.79 Å². The van der Waals surface area contributed by atoms with Crippen LogP contribution in [0.2, 0.25) is 0 Å². The lowest BCUT2D eigenvalue weighted by Gasteiger charge is -2.22. The molecular weight excluding hydrogens is 372 g/mol. The molecule has 0 bridgehead atoms. The van der Waals surface area contributed by atoms with Crippen molar-refractivity contribution in [1.82, 2.24) is 16.0 Å². The summed E-state index contributed by atoms with van der Waals surface area (Å²) in [4.78, 5) is 57.1. The van der Waals surface area contributed by atoms with E-state index in [9.17, 15) is 29.1 Å². The van der Waals surface area contributed by atoms with Gasteiger partial charge in [0.25, 0.3) is 0 Å². The molecule has 0 aromatic rings. The molecule has 0 aliphatic heterocycles. The molecule has 0 heterocycles. The van der Waals surface area contributed by atoms with Crippen molar-refractivity contribution in [2.75, 3.05) is 12.4 Å². The van der Waals surface area contributed by atoms with Crippen molar-refractivity contribution in [1.29, 1.82) is 0 Å². The van der Waals surface area contributed by atoms with Gasteiger partial charge in [0.15, 0.2) is 0 Å². The van der Waals surface area contributed by atoms with Crippen LogP contribution in [0.4, 0.5) is 0 Å². The standard InChI is InChI=1S/C13H22N4O8S/c1-5(14)10(21)17-8(4-26)12(23)16-7(3-18)11(22)15-6(13(24)25)2-9(19)20/h5-8,18,26H,2-4,14H2,1H3,(H,15,22)(H,16,23)(H,17,21)(H,19,20)(H,24,25). The van der Waals surface area contributed by atoms with Crippen LogP contribution >= 0.6 is 12.6 Å². The molecule has 3 amide bonds. The number of rotatable bonds is 11. The SMILES string of the molecule is CC(N)C(=O)NC(CS)C(=O)NC(CO)C(=O)NC(CC(=O)O)C(=O)O. The van der Waals surface area contributed by atoms with E-state index in [4.69, 9.17) is 15.9 Å². The van der Waals surface area contributed by atoms with Crippen LogP contribution in [0.1, 0.15) is 13.3 Å². The van der Waals surface area contributed by atoms with E-state index in [0.717, 1.165) is 0 Å². The molecule has 0 rings (SSSR count). The van der Waals surface area contributed by atoms with Crippen LogP contribution in [0, 0.1) is 0 Å². The maximum absolute atomic E-state index is 12.1. The molecule has 12 nitrogen and oxygen atoms in total. The minimum atomic E-state index is -1.75. The van der Waals surface area contributed by atoms with Crippen molar-refractivity contribution in [3.05, 3.63) is 0 Å². The number of carboxylic acid groups (broad SMARTS) is 2. The summed E-state index contributed by atoms with van der Waals surface area (Å²) in [6, 6.07) is -5.36. The first kappa shape index (κ1) is 23.6. The average Bonchev–Trinajstić information content (AvgIpc) is 2.55. The second-order valence-electron chi connectivity index (χ2n) is 5.27. The molecule has 0 aliphatic carbocycles. The normalized spacial score (nSPS) is 15.1. The quantitative estimate of drug-likeness (QED) is 0.162. The largest absolute Gasteiger partial charge is 0.481 e. The summed E-state index contributed by atoms with van der Waals surface area (Å²) in [5.74, 6) is -5.81. The van der Waals surface area contributed by atoms with Gasteiger partial charge in [0.1, 0.15) is 18.1 Å². The predicted octanol–water partition coefficient (Wildman–Crippen LogP) is -3.73. The van der Waals surface area contributed by atoms with Gasteiger partial charge in [-0.3, -0.25) is 19.2 Å². The highest BCUT2D eigenvalue weighted by Crippen LogP contribution is 1.97. The first-order chi connectivity index (χ1) is 12.0. The fourth-order valence-corrected chi connectivity index (χ4v) is 1.87. The molecule has 13 heteroatoms. The summed E-state index contributed by atoms with van der Waals surface area (Å²) in [5, 5.41) is 33.0. The molecule has 0 aromatic heterocycles. The van der Waals surface area contributed by atoms with Gasteiger partial charge in [-0.2, -0.15) is 12.6 Å². The monoisotopic (exact) mass is 394 g/mol. The summed E-state index contributed by atoms with van der Waals surface area (Å²) in [7, 11) is 0. The summed E-state index contributed by atoms with van der Waals surface area (Å²) >= 11 is 3.90. The number of aliphatic carboxylic acids is 2. The van der Waals surface area contributed by atoms with Gasteiger partial charge in [-0.05, 0) is 6.92 Å². The Labute approximate surface area is 153 Å². The van der Waals surface area contributed by atoms with E-state index in [2.05, 4.69) is 23.3 Å². The number of amides is 3. The van der Waals surface area contributed by atoms with E-state index >= 15 is 0 Å². The number of nitrogens with one attached hydrogen (secondary N) is 3. The van der Waals surface area contributed by atoms with Gasteiger partial charge in [0.2, 0.25) is 17.7 Å². The molecule has 0 radical (unpaired) electrons. The number of hydrogen-bond acceptors (Lipinski definition) is 8. The second-order valence-corrected chi connectivity index (χ2v) is 5.64. The van der Waals surface area contributed by atoms with Crippen LogP contribution in [-0.2, 0) is 24.0 Å². The Bertz CT molecular complexity index is 556. The number of carbonyl (C=O) groups excluding carboxylic acids is 3. The minimum Gasteiger partial charge on any atom is -0.481 e. The Kier molecular flexibility index (Phi) is 10.2. The Morgan fingerprint density at radius 1 is 0.923 bits per heavy atom. The molecule has 0 spiro atoms. The number of carboxylic acids is 2. The van der Waals surface area contributed by atoms with Crippen LogP contribution in [0.15, 0.2) is 0 Å². The predicted molar refractivity (Wildman–Crippen MR) is 90.3 cm³/mol. The van der Waals surface area contributed by atoms with Crippen LogP contribution in [0.3, 0.4) is 0 Å². The molecule has 0 aliphatic rings. The number of carbonyl (C=O) groups is 5. The van der Waals surface area contributed by atoms with E-state index < -0.39 is 66.9 Å². The Balaban J connectivity index is 4.96. The Morgan fingerprint density at radius 3 is 1.77 bits per heavy atom. The summed E-state index contributed by atoms with van der Waals surface area (Å²) in [6.45, 7) is 0.499. The lowest BCUT2D eigenvalue weighted by molar-refractivity contribution is -0.147. The zero-order valence-corrected chi connectivity index (χ0v) is 14.7. The number of aliphatic hydroxyl groups excluding tert-OH is 1. The molecular formula is C13H22N4O8S. The third-order valence-electron chi connectivity index (χ3n) is 3.04. The van der Waals surface area contributed by atoms with Crippen molar-refractivity contribution < 1.29 is 39.3 Å². The highest BCUT2D eigenvalue weighted by atomic mass is 32.1. The third kappa shape index (κ3) is 8.13. The maximum Gasteiger partial charge on any atom is 0.326 e. The molecule has 0 fully saturated rings. The van der Waals surface area contributed by atoms with Gasteiger partial charge >= 0.3 is 11.9 Å². The smallest absolute Gasteiger partial charge is 0.326 e. The number of thiol groups is 1. The number of hydrogen-bond donors (Lipinski definition) is 8. The van der Waals surface area contributed by atoms with Crippen molar-refractivity contribution in [2.45, 2.75) is 37.5 Å². The van der Waals surface area contributed by atoms with E-state index in [1.807, 2.05) is 5.32 Å². The molecule has 0 saturated carbocycles. The molecule has 0 saturated heterocycles. The van der Waals surface area contributed by atoms with Crippen molar-refractivity contribution in [2.24, 2.45) is 5.73 Å².